The number of aliphatic hydroxyl groups excluding tert-OH is 1. The molecule has 5 nitrogen and oxygen atoms in total. The Hall–Kier alpha value is -1.49. The second-order valence-corrected chi connectivity index (χ2v) is 4.57. The molecule has 0 unspecified atom stereocenters. The van der Waals surface area contributed by atoms with Gasteiger partial charge in [0.2, 0.25) is 0 Å². The molecule has 1 aromatic rings. The molecular weight excluding hydrogens is 242 g/mol. The predicted molar refractivity (Wildman–Crippen MR) is 74.0 cm³/mol. The molecule has 5 heteroatoms. The highest BCUT2D eigenvalue weighted by Crippen LogP contribution is 2.12. The van der Waals surface area contributed by atoms with Crippen LogP contribution in [0.1, 0.15) is 48.4 Å². The fraction of sp³-hybridized carbons (Fsp3) is 0.643. The minimum absolute atomic E-state index is 0.0194. The van der Waals surface area contributed by atoms with Crippen LogP contribution in [0.4, 0.5) is 0 Å². The van der Waals surface area contributed by atoms with Crippen LogP contribution in [0.25, 0.3) is 0 Å². The Bertz CT molecular complexity index is 421. The molecule has 0 atom stereocenters. The number of aliphatic hydroxyl groups is 1. The maximum absolute atomic E-state index is 12.5. The molecule has 1 amide bonds. The van der Waals surface area contributed by atoms with Gasteiger partial charge < -0.3 is 10.0 Å². The van der Waals surface area contributed by atoms with Gasteiger partial charge in [-0.3, -0.25) is 4.79 Å². The van der Waals surface area contributed by atoms with E-state index in [1.807, 2.05) is 13.8 Å². The van der Waals surface area contributed by atoms with Crippen LogP contribution in [0.5, 0.6) is 0 Å². The Labute approximate surface area is 114 Å². The normalized spacial score (nSPS) is 10.5. The molecule has 0 aromatic carbocycles. The van der Waals surface area contributed by atoms with Gasteiger partial charge in [-0.15, -0.1) is 0 Å². The van der Waals surface area contributed by atoms with E-state index in [4.69, 9.17) is 5.11 Å². The fourth-order valence-electron chi connectivity index (χ4n) is 1.92. The molecule has 0 radical (unpaired) electrons. The first-order valence-corrected chi connectivity index (χ1v) is 6.87. The van der Waals surface area contributed by atoms with Gasteiger partial charge in [-0.05, 0) is 25.8 Å². The number of aromatic nitrogens is 2. The maximum Gasteiger partial charge on any atom is 0.255 e. The monoisotopic (exact) mass is 265 g/mol. The van der Waals surface area contributed by atoms with Crippen molar-refractivity contribution < 1.29 is 9.90 Å². The van der Waals surface area contributed by atoms with Gasteiger partial charge in [-0.1, -0.05) is 20.3 Å². The summed E-state index contributed by atoms with van der Waals surface area (Å²) < 4.78 is 0. The highest BCUT2D eigenvalue weighted by atomic mass is 16.3. The molecule has 0 saturated heterocycles. The van der Waals surface area contributed by atoms with Crippen LogP contribution in [0.3, 0.4) is 0 Å². The molecule has 0 spiro atoms. The second-order valence-electron chi connectivity index (χ2n) is 4.57. The molecule has 1 aromatic heterocycles. The molecule has 19 heavy (non-hydrogen) atoms. The lowest BCUT2D eigenvalue weighted by molar-refractivity contribution is 0.0717. The smallest absolute Gasteiger partial charge is 0.255 e. The summed E-state index contributed by atoms with van der Waals surface area (Å²) in [4.78, 5) is 14.2. The number of aryl methyl sites for hydroxylation is 2. The van der Waals surface area contributed by atoms with E-state index < -0.39 is 0 Å². The van der Waals surface area contributed by atoms with Crippen LogP contribution in [0.2, 0.25) is 0 Å². The average molecular weight is 265 g/mol. The number of hydrogen-bond donors (Lipinski definition) is 1. The van der Waals surface area contributed by atoms with Crippen molar-refractivity contribution in [3.63, 3.8) is 0 Å². The van der Waals surface area contributed by atoms with Crippen molar-refractivity contribution >= 4 is 5.91 Å². The first-order valence-electron chi connectivity index (χ1n) is 6.87. The summed E-state index contributed by atoms with van der Waals surface area (Å²) in [5, 5.41) is 17.2. The minimum atomic E-state index is -0.0580. The van der Waals surface area contributed by atoms with E-state index in [0.29, 0.717) is 25.1 Å². The average Bonchev–Trinajstić information content (AvgIpc) is 2.42. The zero-order valence-electron chi connectivity index (χ0n) is 12.0. The summed E-state index contributed by atoms with van der Waals surface area (Å²) in [5.74, 6) is -0.0580. The molecular formula is C14H23N3O2. The molecule has 0 fully saturated rings. The molecule has 0 aliphatic heterocycles. The SMILES string of the molecule is CCCCN(CCO)C(=O)c1cc(C)nnc1CC. The third-order valence-electron chi connectivity index (χ3n) is 3.00. The summed E-state index contributed by atoms with van der Waals surface area (Å²) in [5.41, 5.74) is 2.06. The van der Waals surface area contributed by atoms with Gasteiger partial charge in [0.05, 0.1) is 23.6 Å². The van der Waals surface area contributed by atoms with Gasteiger partial charge in [0.15, 0.2) is 0 Å². The third-order valence-corrected chi connectivity index (χ3v) is 3.00. The van der Waals surface area contributed by atoms with Crippen molar-refractivity contribution in [2.45, 2.75) is 40.0 Å². The van der Waals surface area contributed by atoms with Gasteiger partial charge in [0, 0.05) is 13.1 Å². The summed E-state index contributed by atoms with van der Waals surface area (Å²) in [6.07, 6.45) is 2.63. The molecule has 106 valence electrons. The Balaban J connectivity index is 2.97. The van der Waals surface area contributed by atoms with Gasteiger partial charge >= 0.3 is 0 Å². The van der Waals surface area contributed by atoms with E-state index in [1.54, 1.807) is 11.0 Å². The minimum Gasteiger partial charge on any atom is -0.395 e. The lowest BCUT2D eigenvalue weighted by atomic mass is 10.1. The Kier molecular flexibility index (Phi) is 6.42. The predicted octanol–water partition coefficient (Wildman–Crippen LogP) is 1.58. The van der Waals surface area contributed by atoms with E-state index in [0.717, 1.165) is 24.2 Å². The number of nitrogens with zero attached hydrogens (tertiary/aromatic N) is 3. The topological polar surface area (TPSA) is 66.3 Å². The largest absolute Gasteiger partial charge is 0.395 e. The van der Waals surface area contributed by atoms with Gasteiger partial charge in [-0.25, -0.2) is 0 Å². The van der Waals surface area contributed by atoms with E-state index in [9.17, 15) is 4.79 Å². The molecule has 0 aliphatic carbocycles. The van der Waals surface area contributed by atoms with E-state index >= 15 is 0 Å². The standard InChI is InChI=1S/C14H23N3O2/c1-4-6-7-17(8-9-18)14(19)12-10-11(3)15-16-13(12)5-2/h10,18H,4-9H2,1-3H3. The molecule has 0 saturated carbocycles. The first-order chi connectivity index (χ1) is 9.13. The van der Waals surface area contributed by atoms with Gasteiger partial charge in [-0.2, -0.15) is 10.2 Å². The van der Waals surface area contributed by atoms with E-state index in [-0.39, 0.29) is 12.5 Å². The number of hydrogen-bond acceptors (Lipinski definition) is 4. The summed E-state index contributed by atoms with van der Waals surface area (Å²) in [6, 6.07) is 1.78. The van der Waals surface area contributed by atoms with Crippen LogP contribution in [0, 0.1) is 6.92 Å². The number of carbonyl (C=O) groups is 1. The fourth-order valence-corrected chi connectivity index (χ4v) is 1.92. The highest BCUT2D eigenvalue weighted by molar-refractivity contribution is 5.95. The number of amides is 1. The molecule has 1 N–H and O–H groups in total. The van der Waals surface area contributed by atoms with Crippen LogP contribution >= 0.6 is 0 Å². The highest BCUT2D eigenvalue weighted by Gasteiger charge is 2.19. The van der Waals surface area contributed by atoms with E-state index in [2.05, 4.69) is 17.1 Å². The zero-order chi connectivity index (χ0) is 14.3. The first kappa shape index (κ1) is 15.6. The van der Waals surface area contributed by atoms with Crippen LogP contribution in [-0.4, -0.2) is 45.8 Å². The maximum atomic E-state index is 12.5. The lowest BCUT2D eigenvalue weighted by Gasteiger charge is -2.22. The quantitative estimate of drug-likeness (QED) is 0.813. The van der Waals surface area contributed by atoms with Crippen molar-refractivity contribution in [3.05, 3.63) is 23.0 Å². The van der Waals surface area contributed by atoms with Crippen molar-refractivity contribution in [1.82, 2.24) is 15.1 Å². The second kappa shape index (κ2) is 7.84. The summed E-state index contributed by atoms with van der Waals surface area (Å²) in [6.45, 7) is 6.87. The van der Waals surface area contributed by atoms with Crippen molar-refractivity contribution in [2.24, 2.45) is 0 Å². The van der Waals surface area contributed by atoms with Crippen LogP contribution in [-0.2, 0) is 6.42 Å². The molecule has 1 rings (SSSR count). The number of unbranched alkanes of at least 4 members (excludes halogenated alkanes) is 1. The Morgan fingerprint density at radius 2 is 2.05 bits per heavy atom. The zero-order valence-corrected chi connectivity index (χ0v) is 12.0. The number of carbonyl (C=O) groups excluding carboxylic acids is 1. The number of rotatable bonds is 7. The molecule has 0 aliphatic rings. The van der Waals surface area contributed by atoms with Crippen LogP contribution in [0.15, 0.2) is 6.07 Å². The van der Waals surface area contributed by atoms with Crippen LogP contribution < -0.4 is 0 Å². The molecule has 1 heterocycles. The van der Waals surface area contributed by atoms with Gasteiger partial charge in [0.1, 0.15) is 0 Å². The summed E-state index contributed by atoms with van der Waals surface area (Å²) in [7, 11) is 0. The Morgan fingerprint density at radius 1 is 1.32 bits per heavy atom. The molecule has 0 bridgehead atoms. The van der Waals surface area contributed by atoms with E-state index in [1.165, 1.54) is 0 Å². The van der Waals surface area contributed by atoms with Crippen molar-refractivity contribution in [2.75, 3.05) is 19.7 Å². The Morgan fingerprint density at radius 3 is 2.63 bits per heavy atom. The summed E-state index contributed by atoms with van der Waals surface area (Å²) >= 11 is 0. The lowest BCUT2D eigenvalue weighted by Crippen LogP contribution is -2.35. The van der Waals surface area contributed by atoms with Crippen molar-refractivity contribution in [1.29, 1.82) is 0 Å². The van der Waals surface area contributed by atoms with Gasteiger partial charge in [0.25, 0.3) is 5.91 Å². The third kappa shape index (κ3) is 4.28. The van der Waals surface area contributed by atoms with Crippen molar-refractivity contribution in [3.8, 4) is 0 Å².